The Balaban J connectivity index is 1.52. The molecular formula is C31H22F6N2O. The molecule has 0 aliphatic heterocycles. The first-order valence-electron chi connectivity index (χ1n) is 12.3. The molecule has 5 aromatic rings. The molecule has 0 bridgehead atoms. The van der Waals surface area contributed by atoms with Gasteiger partial charge in [0.05, 0.1) is 11.1 Å². The molecule has 0 saturated heterocycles. The Kier molecular flexibility index (Phi) is 7.38. The highest BCUT2D eigenvalue weighted by atomic mass is 19.4. The second-order valence-electron chi connectivity index (χ2n) is 9.15. The van der Waals surface area contributed by atoms with E-state index in [9.17, 15) is 26.3 Å². The topological polar surface area (TPSA) is 34.1 Å². The Labute approximate surface area is 226 Å². The zero-order valence-electron chi connectivity index (χ0n) is 20.9. The molecule has 204 valence electrons. The molecule has 0 unspecified atom stereocenters. The predicted octanol–water partition coefficient (Wildman–Crippen LogP) is 9.02. The number of aromatic nitrogens is 1. The minimum Gasteiger partial charge on any atom is -0.406 e. The second-order valence-corrected chi connectivity index (χ2v) is 9.15. The van der Waals surface area contributed by atoms with Crippen LogP contribution in [0.2, 0.25) is 0 Å². The molecule has 1 N–H and O–H groups in total. The van der Waals surface area contributed by atoms with Crippen molar-refractivity contribution >= 4 is 16.6 Å². The molecule has 0 atom stereocenters. The summed E-state index contributed by atoms with van der Waals surface area (Å²) in [6, 6.07) is 26.4. The lowest BCUT2D eigenvalue weighted by molar-refractivity contribution is -0.274. The van der Waals surface area contributed by atoms with Crippen LogP contribution >= 0.6 is 0 Å². The molecule has 4 aromatic carbocycles. The van der Waals surface area contributed by atoms with E-state index in [1.165, 1.54) is 30.5 Å². The fraction of sp³-hybridized carbons (Fsp3) is 0.129. The summed E-state index contributed by atoms with van der Waals surface area (Å²) in [6.45, 7) is 0.199. The van der Waals surface area contributed by atoms with Crippen LogP contribution in [0.4, 0.5) is 32.0 Å². The van der Waals surface area contributed by atoms with E-state index in [-0.39, 0.29) is 17.8 Å². The van der Waals surface area contributed by atoms with Crippen molar-refractivity contribution < 1.29 is 31.1 Å². The van der Waals surface area contributed by atoms with Gasteiger partial charge in [0.15, 0.2) is 0 Å². The van der Waals surface area contributed by atoms with Gasteiger partial charge in [-0.2, -0.15) is 13.2 Å². The molecule has 0 amide bonds. The smallest absolute Gasteiger partial charge is 0.406 e. The van der Waals surface area contributed by atoms with Crippen LogP contribution in [0.15, 0.2) is 103 Å². The van der Waals surface area contributed by atoms with Crippen LogP contribution in [-0.4, -0.2) is 11.3 Å². The number of alkyl halides is 6. The van der Waals surface area contributed by atoms with Gasteiger partial charge in [0, 0.05) is 23.8 Å². The van der Waals surface area contributed by atoms with Gasteiger partial charge in [0.1, 0.15) is 5.75 Å². The quantitative estimate of drug-likeness (QED) is 0.205. The Morgan fingerprint density at radius 2 is 1.45 bits per heavy atom. The molecular weight excluding hydrogens is 530 g/mol. The van der Waals surface area contributed by atoms with Crippen LogP contribution in [0.1, 0.15) is 22.3 Å². The van der Waals surface area contributed by atoms with E-state index in [4.69, 9.17) is 0 Å². The van der Waals surface area contributed by atoms with E-state index in [1.807, 2.05) is 36.4 Å². The number of pyridine rings is 1. The molecule has 0 radical (unpaired) electrons. The fourth-order valence-electron chi connectivity index (χ4n) is 4.63. The molecule has 40 heavy (non-hydrogen) atoms. The lowest BCUT2D eigenvalue weighted by Gasteiger charge is -2.17. The maximum atomic E-state index is 13.8. The van der Waals surface area contributed by atoms with Gasteiger partial charge in [-0.1, -0.05) is 66.7 Å². The summed E-state index contributed by atoms with van der Waals surface area (Å²) < 4.78 is 83.3. The zero-order chi connectivity index (χ0) is 28.3. The molecule has 0 saturated carbocycles. The Bertz CT molecular complexity index is 1630. The van der Waals surface area contributed by atoms with Crippen molar-refractivity contribution in [2.75, 3.05) is 5.32 Å². The fourth-order valence-corrected chi connectivity index (χ4v) is 4.63. The SMILES string of the molecule is FC(F)(F)Oc1cccc(CNc2cccc(-c3c(Cc4ccccc4)cnc4c(C(F)(F)F)cccc34)c2)c1. The van der Waals surface area contributed by atoms with Crippen molar-refractivity contribution in [2.24, 2.45) is 0 Å². The number of halogens is 6. The van der Waals surface area contributed by atoms with Gasteiger partial charge < -0.3 is 10.1 Å². The van der Waals surface area contributed by atoms with Crippen molar-refractivity contribution in [1.29, 1.82) is 0 Å². The van der Waals surface area contributed by atoms with Crippen molar-refractivity contribution in [1.82, 2.24) is 4.98 Å². The highest BCUT2D eigenvalue weighted by Gasteiger charge is 2.34. The van der Waals surface area contributed by atoms with Gasteiger partial charge in [-0.15, -0.1) is 13.2 Å². The van der Waals surface area contributed by atoms with E-state index >= 15 is 0 Å². The van der Waals surface area contributed by atoms with E-state index < -0.39 is 18.1 Å². The van der Waals surface area contributed by atoms with E-state index in [0.717, 1.165) is 17.2 Å². The van der Waals surface area contributed by atoms with Crippen LogP contribution in [0.25, 0.3) is 22.0 Å². The van der Waals surface area contributed by atoms with Crippen molar-refractivity contribution in [2.45, 2.75) is 25.5 Å². The number of rotatable bonds is 7. The first kappa shape index (κ1) is 27.1. The third kappa shape index (κ3) is 6.36. The van der Waals surface area contributed by atoms with Gasteiger partial charge in [-0.3, -0.25) is 4.98 Å². The van der Waals surface area contributed by atoms with Crippen LogP contribution in [-0.2, 0) is 19.1 Å². The molecule has 5 rings (SSSR count). The predicted molar refractivity (Wildman–Crippen MR) is 142 cm³/mol. The molecule has 0 aliphatic rings. The summed E-state index contributed by atoms with van der Waals surface area (Å²) in [5.41, 5.74) is 3.29. The summed E-state index contributed by atoms with van der Waals surface area (Å²) in [7, 11) is 0. The van der Waals surface area contributed by atoms with Gasteiger partial charge in [0.2, 0.25) is 0 Å². The van der Waals surface area contributed by atoms with Crippen molar-refractivity contribution in [3.8, 4) is 16.9 Å². The molecule has 9 heteroatoms. The van der Waals surface area contributed by atoms with Gasteiger partial charge in [-0.05, 0) is 64.6 Å². The standard InChI is InChI=1S/C31H22F6N2O/c32-30(33,34)27-14-6-13-26-28(23(19-39-29(26)27)15-20-7-2-1-3-8-20)22-10-5-11-24(17-22)38-18-21-9-4-12-25(16-21)40-31(35,36)37/h1-14,16-17,19,38H,15,18H2. The van der Waals surface area contributed by atoms with Crippen LogP contribution in [0, 0.1) is 0 Å². The third-order valence-corrected chi connectivity index (χ3v) is 6.30. The molecule has 0 spiro atoms. The molecule has 0 fully saturated rings. The van der Waals surface area contributed by atoms with E-state index in [0.29, 0.717) is 34.2 Å². The molecule has 1 heterocycles. The lowest BCUT2D eigenvalue weighted by Crippen LogP contribution is -2.17. The third-order valence-electron chi connectivity index (χ3n) is 6.30. The van der Waals surface area contributed by atoms with Crippen molar-refractivity contribution in [3.05, 3.63) is 126 Å². The number of para-hydroxylation sites is 1. The van der Waals surface area contributed by atoms with E-state index in [2.05, 4.69) is 15.0 Å². The van der Waals surface area contributed by atoms with Gasteiger partial charge >= 0.3 is 12.5 Å². The van der Waals surface area contributed by atoms with E-state index in [1.54, 1.807) is 30.3 Å². The average molecular weight is 553 g/mol. The lowest BCUT2D eigenvalue weighted by atomic mass is 9.91. The van der Waals surface area contributed by atoms with Crippen LogP contribution in [0.5, 0.6) is 5.75 Å². The highest BCUT2D eigenvalue weighted by Crippen LogP contribution is 2.39. The summed E-state index contributed by atoms with van der Waals surface area (Å²) in [5.74, 6) is -0.324. The Morgan fingerprint density at radius 3 is 2.20 bits per heavy atom. The highest BCUT2D eigenvalue weighted by molar-refractivity contribution is 5.98. The minimum absolute atomic E-state index is 0.137. The number of benzene rings is 4. The molecule has 3 nitrogen and oxygen atoms in total. The van der Waals surface area contributed by atoms with Crippen molar-refractivity contribution in [3.63, 3.8) is 0 Å². The minimum atomic E-state index is -4.79. The molecule has 0 aliphatic carbocycles. The zero-order valence-corrected chi connectivity index (χ0v) is 20.9. The molecule has 1 aromatic heterocycles. The average Bonchev–Trinajstić information content (AvgIpc) is 2.91. The maximum Gasteiger partial charge on any atom is 0.573 e. The summed E-state index contributed by atoms with van der Waals surface area (Å²) in [4.78, 5) is 4.23. The van der Waals surface area contributed by atoms with Gasteiger partial charge in [-0.25, -0.2) is 0 Å². The number of anilines is 1. The normalized spacial score (nSPS) is 11.9. The van der Waals surface area contributed by atoms with Crippen LogP contribution in [0.3, 0.4) is 0 Å². The maximum absolute atomic E-state index is 13.8. The number of hydrogen-bond acceptors (Lipinski definition) is 3. The Hall–Kier alpha value is -4.53. The summed E-state index contributed by atoms with van der Waals surface area (Å²) >= 11 is 0. The summed E-state index contributed by atoms with van der Waals surface area (Å²) in [6.07, 6.45) is -7.42. The Morgan fingerprint density at radius 1 is 0.725 bits per heavy atom. The second kappa shape index (κ2) is 10.9. The van der Waals surface area contributed by atoms with Crippen LogP contribution < -0.4 is 10.1 Å². The first-order chi connectivity index (χ1) is 19.1. The number of ether oxygens (including phenoxy) is 1. The monoisotopic (exact) mass is 552 g/mol. The van der Waals surface area contributed by atoms with Gasteiger partial charge in [0.25, 0.3) is 0 Å². The number of hydrogen-bond donors (Lipinski definition) is 1. The largest absolute Gasteiger partial charge is 0.573 e. The number of nitrogens with zero attached hydrogens (tertiary/aromatic N) is 1. The number of nitrogens with one attached hydrogen (secondary N) is 1. The summed E-state index contributed by atoms with van der Waals surface area (Å²) in [5, 5.41) is 3.55. The number of fused-ring (bicyclic) bond motifs is 1. The first-order valence-corrected chi connectivity index (χ1v) is 12.3.